The SMILES string of the molecule is CNCC(=O)N1CCN(Cc2nccn2C(F)F)CC1. The third-order valence-electron chi connectivity index (χ3n) is 3.38. The molecule has 1 aromatic rings. The second kappa shape index (κ2) is 6.76. The fourth-order valence-electron chi connectivity index (χ4n) is 2.26. The number of nitrogens with zero attached hydrogens (tertiary/aromatic N) is 4. The lowest BCUT2D eigenvalue weighted by atomic mass is 10.3. The average molecular weight is 287 g/mol. The first kappa shape index (κ1) is 14.9. The molecule has 0 atom stereocenters. The molecular formula is C12H19F2N5O. The molecule has 0 saturated carbocycles. The van der Waals surface area contributed by atoms with Gasteiger partial charge in [-0.1, -0.05) is 0 Å². The number of alkyl halides is 2. The zero-order valence-corrected chi connectivity index (χ0v) is 11.4. The van der Waals surface area contributed by atoms with Crippen molar-refractivity contribution in [3.8, 4) is 0 Å². The molecule has 1 aromatic heterocycles. The first-order chi connectivity index (χ1) is 9.61. The van der Waals surface area contributed by atoms with Gasteiger partial charge in [0.15, 0.2) is 0 Å². The van der Waals surface area contributed by atoms with Crippen LogP contribution in [0, 0.1) is 0 Å². The molecule has 1 N–H and O–H groups in total. The van der Waals surface area contributed by atoms with Gasteiger partial charge in [0.2, 0.25) is 5.91 Å². The van der Waals surface area contributed by atoms with Gasteiger partial charge in [-0.25, -0.2) is 4.98 Å². The largest absolute Gasteiger partial charge is 0.339 e. The molecule has 112 valence electrons. The van der Waals surface area contributed by atoms with E-state index in [1.165, 1.54) is 12.4 Å². The van der Waals surface area contributed by atoms with Crippen molar-refractivity contribution in [2.75, 3.05) is 39.8 Å². The number of piperazine rings is 1. The van der Waals surface area contributed by atoms with Crippen LogP contribution in [0.25, 0.3) is 0 Å². The molecule has 0 bridgehead atoms. The maximum Gasteiger partial charge on any atom is 0.319 e. The van der Waals surface area contributed by atoms with Crippen molar-refractivity contribution < 1.29 is 13.6 Å². The van der Waals surface area contributed by atoms with Crippen molar-refractivity contribution in [2.45, 2.75) is 13.1 Å². The van der Waals surface area contributed by atoms with Crippen molar-refractivity contribution in [2.24, 2.45) is 0 Å². The van der Waals surface area contributed by atoms with Crippen molar-refractivity contribution in [3.05, 3.63) is 18.2 Å². The summed E-state index contributed by atoms with van der Waals surface area (Å²) in [5.74, 6) is 0.427. The first-order valence-electron chi connectivity index (χ1n) is 6.56. The fraction of sp³-hybridized carbons (Fsp3) is 0.667. The molecule has 1 aliphatic rings. The quantitative estimate of drug-likeness (QED) is 0.837. The molecule has 0 radical (unpaired) electrons. The van der Waals surface area contributed by atoms with Gasteiger partial charge in [-0.3, -0.25) is 14.3 Å². The molecule has 0 spiro atoms. The van der Waals surface area contributed by atoms with Crippen LogP contribution in [-0.4, -0.2) is 65.0 Å². The number of hydrogen-bond acceptors (Lipinski definition) is 4. The van der Waals surface area contributed by atoms with Gasteiger partial charge in [0.1, 0.15) is 5.82 Å². The number of likely N-dealkylation sites (N-methyl/N-ethyl adjacent to an activating group) is 1. The Morgan fingerprint density at radius 1 is 1.40 bits per heavy atom. The third-order valence-corrected chi connectivity index (χ3v) is 3.38. The average Bonchev–Trinajstić information content (AvgIpc) is 2.88. The van der Waals surface area contributed by atoms with E-state index in [4.69, 9.17) is 0 Å². The summed E-state index contributed by atoms with van der Waals surface area (Å²) < 4.78 is 26.3. The van der Waals surface area contributed by atoms with E-state index in [2.05, 4.69) is 10.3 Å². The minimum absolute atomic E-state index is 0.0706. The van der Waals surface area contributed by atoms with Crippen LogP contribution in [0.1, 0.15) is 12.4 Å². The van der Waals surface area contributed by atoms with Crippen LogP contribution in [0.5, 0.6) is 0 Å². The minimum atomic E-state index is -2.56. The van der Waals surface area contributed by atoms with Gasteiger partial charge in [-0.05, 0) is 7.05 Å². The smallest absolute Gasteiger partial charge is 0.319 e. The molecule has 1 saturated heterocycles. The first-order valence-corrected chi connectivity index (χ1v) is 6.56. The second-order valence-electron chi connectivity index (χ2n) is 4.72. The predicted molar refractivity (Wildman–Crippen MR) is 69.3 cm³/mol. The number of rotatable bonds is 5. The van der Waals surface area contributed by atoms with Crippen LogP contribution in [0.2, 0.25) is 0 Å². The molecule has 20 heavy (non-hydrogen) atoms. The lowest BCUT2D eigenvalue weighted by molar-refractivity contribution is -0.131. The Hall–Kier alpha value is -1.54. The van der Waals surface area contributed by atoms with Crippen LogP contribution >= 0.6 is 0 Å². The second-order valence-corrected chi connectivity index (χ2v) is 4.72. The molecular weight excluding hydrogens is 268 g/mol. The maximum atomic E-state index is 12.7. The minimum Gasteiger partial charge on any atom is -0.339 e. The number of carbonyl (C=O) groups is 1. The van der Waals surface area contributed by atoms with Gasteiger partial charge in [0, 0.05) is 38.6 Å². The normalized spacial score (nSPS) is 16.9. The van der Waals surface area contributed by atoms with Crippen LogP contribution in [0.3, 0.4) is 0 Å². The van der Waals surface area contributed by atoms with E-state index < -0.39 is 6.55 Å². The lowest BCUT2D eigenvalue weighted by Crippen LogP contribution is -2.50. The van der Waals surface area contributed by atoms with Crippen molar-refractivity contribution in [1.29, 1.82) is 0 Å². The van der Waals surface area contributed by atoms with Gasteiger partial charge in [0.25, 0.3) is 0 Å². The van der Waals surface area contributed by atoms with Crippen LogP contribution < -0.4 is 5.32 Å². The van der Waals surface area contributed by atoms with Gasteiger partial charge in [-0.15, -0.1) is 0 Å². The predicted octanol–water partition coefficient (Wildman–Crippen LogP) is 0.142. The molecule has 6 nitrogen and oxygen atoms in total. The third kappa shape index (κ3) is 3.51. The summed E-state index contributed by atoms with van der Waals surface area (Å²) in [7, 11) is 1.73. The van der Waals surface area contributed by atoms with E-state index in [1.54, 1.807) is 11.9 Å². The van der Waals surface area contributed by atoms with Crippen molar-refractivity contribution >= 4 is 5.91 Å². The van der Waals surface area contributed by atoms with Gasteiger partial charge in [0.05, 0.1) is 13.1 Å². The molecule has 0 aliphatic carbocycles. The summed E-state index contributed by atoms with van der Waals surface area (Å²) in [6.07, 6.45) is 2.67. The number of halogens is 2. The van der Waals surface area contributed by atoms with E-state index in [0.29, 0.717) is 45.1 Å². The Morgan fingerprint density at radius 3 is 2.70 bits per heavy atom. The van der Waals surface area contributed by atoms with Crippen LogP contribution in [-0.2, 0) is 11.3 Å². The molecule has 1 amide bonds. The maximum absolute atomic E-state index is 12.7. The molecule has 8 heteroatoms. The highest BCUT2D eigenvalue weighted by molar-refractivity contribution is 5.78. The molecule has 0 unspecified atom stereocenters. The van der Waals surface area contributed by atoms with E-state index in [0.717, 1.165) is 4.57 Å². The number of carbonyl (C=O) groups excluding carboxylic acids is 1. The number of aromatic nitrogens is 2. The summed E-state index contributed by atoms with van der Waals surface area (Å²) in [5.41, 5.74) is 0. The van der Waals surface area contributed by atoms with E-state index in [1.807, 2.05) is 4.90 Å². The number of amides is 1. The van der Waals surface area contributed by atoms with Gasteiger partial charge in [-0.2, -0.15) is 8.78 Å². The topological polar surface area (TPSA) is 53.4 Å². The van der Waals surface area contributed by atoms with Crippen molar-refractivity contribution in [1.82, 2.24) is 24.7 Å². The lowest BCUT2D eigenvalue weighted by Gasteiger charge is -2.34. The highest BCUT2D eigenvalue weighted by Crippen LogP contribution is 2.14. The summed E-state index contributed by atoms with van der Waals surface area (Å²) in [6, 6.07) is 0. The monoisotopic (exact) mass is 287 g/mol. The standard InChI is InChI=1S/C12H19F2N5O/c1-15-8-11(20)18-6-4-17(5-7-18)9-10-16-2-3-19(10)12(13)14/h2-3,12,15H,4-9H2,1H3. The zero-order valence-electron chi connectivity index (χ0n) is 11.4. The van der Waals surface area contributed by atoms with Crippen molar-refractivity contribution in [3.63, 3.8) is 0 Å². The summed E-state index contributed by atoms with van der Waals surface area (Å²) in [4.78, 5) is 19.5. The Balaban J connectivity index is 1.85. The highest BCUT2D eigenvalue weighted by Gasteiger charge is 2.22. The van der Waals surface area contributed by atoms with Gasteiger partial charge >= 0.3 is 6.55 Å². The highest BCUT2D eigenvalue weighted by atomic mass is 19.3. The molecule has 1 aliphatic heterocycles. The summed E-state index contributed by atoms with van der Waals surface area (Å²) in [5, 5.41) is 2.83. The molecule has 2 heterocycles. The zero-order chi connectivity index (χ0) is 14.5. The van der Waals surface area contributed by atoms with Crippen LogP contribution in [0.4, 0.5) is 8.78 Å². The Labute approximate surface area is 116 Å². The summed E-state index contributed by atoms with van der Waals surface area (Å²) in [6.45, 7) is 0.732. The van der Waals surface area contributed by atoms with E-state index >= 15 is 0 Å². The number of hydrogen-bond donors (Lipinski definition) is 1. The van der Waals surface area contributed by atoms with E-state index in [9.17, 15) is 13.6 Å². The fourth-order valence-corrected chi connectivity index (χ4v) is 2.26. The number of imidazole rings is 1. The van der Waals surface area contributed by atoms with E-state index in [-0.39, 0.29) is 5.91 Å². The van der Waals surface area contributed by atoms with Gasteiger partial charge < -0.3 is 10.2 Å². The van der Waals surface area contributed by atoms with Crippen LogP contribution in [0.15, 0.2) is 12.4 Å². The summed E-state index contributed by atoms with van der Waals surface area (Å²) >= 11 is 0. The number of nitrogens with one attached hydrogen (secondary N) is 1. The molecule has 1 fully saturated rings. The Bertz CT molecular complexity index is 443. The Morgan fingerprint density at radius 2 is 2.10 bits per heavy atom. The Kier molecular flexibility index (Phi) is 5.02. The molecule has 2 rings (SSSR count). The molecule has 0 aromatic carbocycles.